The summed E-state index contributed by atoms with van der Waals surface area (Å²) >= 11 is 0. The lowest BCUT2D eigenvalue weighted by atomic mass is 9.89. The van der Waals surface area contributed by atoms with Crippen LogP contribution in [-0.2, 0) is 24.2 Å². The Kier molecular flexibility index (Phi) is 5.72. The number of nitrogens with zero attached hydrogens (tertiary/aromatic N) is 1. The molecule has 2 aromatic carbocycles. The lowest BCUT2D eigenvalue weighted by molar-refractivity contribution is -0.275. The van der Waals surface area contributed by atoms with Crippen molar-refractivity contribution in [3.05, 3.63) is 64.7 Å². The van der Waals surface area contributed by atoms with Gasteiger partial charge < -0.3 is 9.64 Å². The number of halogens is 3. The Bertz CT molecular complexity index is 893. The molecule has 0 heterocycles. The molecule has 0 radical (unpaired) electrons. The van der Waals surface area contributed by atoms with E-state index in [4.69, 9.17) is 0 Å². The Balaban J connectivity index is 1.74. The van der Waals surface area contributed by atoms with Gasteiger partial charge in [0.2, 0.25) is 5.78 Å². The summed E-state index contributed by atoms with van der Waals surface area (Å²) in [6.07, 6.45) is -0.830. The molecule has 1 amide bonds. The number of alkyl halides is 3. The van der Waals surface area contributed by atoms with E-state index in [-0.39, 0.29) is 12.1 Å². The molecule has 28 heavy (non-hydrogen) atoms. The highest BCUT2D eigenvalue weighted by molar-refractivity contribution is 6.42. The number of amides is 1. The van der Waals surface area contributed by atoms with E-state index in [1.54, 1.807) is 18.2 Å². The van der Waals surface area contributed by atoms with Crippen LogP contribution in [0.2, 0.25) is 0 Å². The molecule has 4 nitrogen and oxygen atoms in total. The fourth-order valence-corrected chi connectivity index (χ4v) is 3.36. The molecule has 2 aromatic rings. The van der Waals surface area contributed by atoms with Crippen LogP contribution < -0.4 is 4.74 Å². The van der Waals surface area contributed by atoms with Crippen molar-refractivity contribution in [2.75, 3.05) is 7.05 Å². The van der Waals surface area contributed by atoms with E-state index in [0.717, 1.165) is 36.1 Å². The third-order valence-electron chi connectivity index (χ3n) is 4.76. The first-order valence-corrected chi connectivity index (χ1v) is 9.00. The van der Waals surface area contributed by atoms with Crippen molar-refractivity contribution in [2.45, 2.75) is 38.6 Å². The Labute approximate surface area is 160 Å². The Hall–Kier alpha value is -2.83. The summed E-state index contributed by atoms with van der Waals surface area (Å²) in [5, 5.41) is 0. The molecular formula is C21H20F3NO3. The van der Waals surface area contributed by atoms with Crippen LogP contribution in [0.5, 0.6) is 5.75 Å². The zero-order valence-electron chi connectivity index (χ0n) is 15.4. The minimum atomic E-state index is -4.84. The molecular weight excluding hydrogens is 371 g/mol. The molecule has 1 aliphatic rings. The SMILES string of the molecule is CN(Cc1ccccc1OC(F)(F)F)C(=O)C(=O)c1ccc2c(c1)CCCC2. The van der Waals surface area contributed by atoms with Crippen LogP contribution in [0.4, 0.5) is 13.2 Å². The average molecular weight is 391 g/mol. The van der Waals surface area contributed by atoms with Gasteiger partial charge in [-0.2, -0.15) is 0 Å². The third kappa shape index (κ3) is 4.71. The molecule has 0 aliphatic heterocycles. The van der Waals surface area contributed by atoms with Gasteiger partial charge in [0.25, 0.3) is 5.91 Å². The summed E-state index contributed by atoms with van der Waals surface area (Å²) in [6.45, 7) is -0.179. The fraction of sp³-hybridized carbons (Fsp3) is 0.333. The predicted octanol–water partition coefficient (Wildman–Crippen LogP) is 4.31. The Morgan fingerprint density at radius 2 is 1.71 bits per heavy atom. The number of Topliss-reactive ketones (excluding diaryl/α,β-unsaturated/α-hetero) is 1. The summed E-state index contributed by atoms with van der Waals surface area (Å²) in [5.41, 5.74) is 2.74. The van der Waals surface area contributed by atoms with Gasteiger partial charge in [-0.3, -0.25) is 9.59 Å². The van der Waals surface area contributed by atoms with Crippen LogP contribution in [0.3, 0.4) is 0 Å². The minimum absolute atomic E-state index is 0.161. The van der Waals surface area contributed by atoms with Gasteiger partial charge in [0.1, 0.15) is 5.75 Å². The van der Waals surface area contributed by atoms with E-state index in [0.29, 0.717) is 5.56 Å². The van der Waals surface area contributed by atoms with Crippen LogP contribution in [0, 0.1) is 0 Å². The second kappa shape index (κ2) is 8.04. The van der Waals surface area contributed by atoms with E-state index < -0.39 is 23.8 Å². The van der Waals surface area contributed by atoms with Crippen LogP contribution in [0.1, 0.15) is 39.9 Å². The monoisotopic (exact) mass is 391 g/mol. The fourth-order valence-electron chi connectivity index (χ4n) is 3.36. The average Bonchev–Trinajstić information content (AvgIpc) is 2.66. The Morgan fingerprint density at radius 1 is 1.04 bits per heavy atom. The Morgan fingerprint density at radius 3 is 2.43 bits per heavy atom. The lowest BCUT2D eigenvalue weighted by Gasteiger charge is -2.20. The van der Waals surface area contributed by atoms with Gasteiger partial charge in [-0.25, -0.2) is 0 Å². The maximum Gasteiger partial charge on any atom is 0.573 e. The molecule has 0 unspecified atom stereocenters. The molecule has 0 saturated carbocycles. The number of ether oxygens (including phenoxy) is 1. The molecule has 148 valence electrons. The maximum atomic E-state index is 12.6. The molecule has 0 spiro atoms. The van der Waals surface area contributed by atoms with E-state index >= 15 is 0 Å². The smallest absolute Gasteiger partial charge is 0.405 e. The minimum Gasteiger partial charge on any atom is -0.405 e. The normalized spacial score (nSPS) is 13.6. The van der Waals surface area contributed by atoms with Gasteiger partial charge in [-0.15, -0.1) is 13.2 Å². The van der Waals surface area contributed by atoms with Crippen molar-refractivity contribution in [3.8, 4) is 5.75 Å². The van der Waals surface area contributed by atoms with Gasteiger partial charge in [-0.1, -0.05) is 30.3 Å². The third-order valence-corrected chi connectivity index (χ3v) is 4.76. The number of hydrogen-bond acceptors (Lipinski definition) is 3. The van der Waals surface area contributed by atoms with E-state index in [9.17, 15) is 22.8 Å². The van der Waals surface area contributed by atoms with Crippen LogP contribution in [0.15, 0.2) is 42.5 Å². The first kappa shape index (κ1) is 19.9. The molecule has 0 bridgehead atoms. The van der Waals surface area contributed by atoms with Crippen molar-refractivity contribution < 1.29 is 27.5 Å². The molecule has 0 aromatic heterocycles. The van der Waals surface area contributed by atoms with Gasteiger partial charge >= 0.3 is 6.36 Å². The topological polar surface area (TPSA) is 46.6 Å². The predicted molar refractivity (Wildman–Crippen MR) is 97.0 cm³/mol. The number of hydrogen-bond donors (Lipinski definition) is 0. The molecule has 7 heteroatoms. The number of likely N-dealkylation sites (N-methyl/N-ethyl adjacent to an activating group) is 1. The highest BCUT2D eigenvalue weighted by Gasteiger charge is 2.32. The largest absolute Gasteiger partial charge is 0.573 e. The van der Waals surface area contributed by atoms with Crippen molar-refractivity contribution >= 4 is 11.7 Å². The van der Waals surface area contributed by atoms with Gasteiger partial charge in [0.05, 0.1) is 0 Å². The van der Waals surface area contributed by atoms with E-state index in [1.807, 2.05) is 6.07 Å². The molecule has 1 aliphatic carbocycles. The van der Waals surface area contributed by atoms with Crippen molar-refractivity contribution in [1.29, 1.82) is 0 Å². The van der Waals surface area contributed by atoms with Crippen LogP contribution >= 0.6 is 0 Å². The number of rotatable bonds is 5. The number of carbonyl (C=O) groups is 2. The quantitative estimate of drug-likeness (QED) is 0.564. The number of para-hydroxylation sites is 1. The zero-order chi connectivity index (χ0) is 20.3. The standard InChI is InChI=1S/C21H20F3NO3/c1-25(13-17-8-4-5-9-18(17)28-21(22,23)24)20(27)19(26)16-11-10-14-6-2-3-7-15(14)12-16/h4-5,8-12H,2-3,6-7,13H2,1H3. The van der Waals surface area contributed by atoms with Crippen LogP contribution in [-0.4, -0.2) is 30.0 Å². The van der Waals surface area contributed by atoms with Crippen molar-refractivity contribution in [3.63, 3.8) is 0 Å². The highest BCUT2D eigenvalue weighted by Crippen LogP contribution is 2.27. The highest BCUT2D eigenvalue weighted by atomic mass is 19.4. The van der Waals surface area contributed by atoms with Crippen molar-refractivity contribution in [1.82, 2.24) is 4.90 Å². The number of carbonyl (C=O) groups excluding carboxylic acids is 2. The second-order valence-corrected chi connectivity index (χ2v) is 6.84. The molecule has 0 atom stereocenters. The lowest BCUT2D eigenvalue weighted by Crippen LogP contribution is -2.33. The molecule has 3 rings (SSSR count). The number of aryl methyl sites for hydroxylation is 2. The zero-order valence-corrected chi connectivity index (χ0v) is 15.4. The van der Waals surface area contributed by atoms with E-state index in [1.165, 1.54) is 30.8 Å². The first-order chi connectivity index (χ1) is 13.2. The number of fused-ring (bicyclic) bond motifs is 1. The number of benzene rings is 2. The second-order valence-electron chi connectivity index (χ2n) is 6.84. The molecule has 0 saturated heterocycles. The first-order valence-electron chi connectivity index (χ1n) is 9.00. The van der Waals surface area contributed by atoms with E-state index in [2.05, 4.69) is 4.74 Å². The summed E-state index contributed by atoms with van der Waals surface area (Å²) in [4.78, 5) is 26.2. The summed E-state index contributed by atoms with van der Waals surface area (Å²) < 4.78 is 41.6. The summed E-state index contributed by atoms with van der Waals surface area (Å²) in [7, 11) is 1.38. The summed E-state index contributed by atoms with van der Waals surface area (Å²) in [6, 6.07) is 10.8. The number of ketones is 1. The molecule has 0 fully saturated rings. The summed E-state index contributed by atoms with van der Waals surface area (Å²) in [5.74, 6) is -1.85. The van der Waals surface area contributed by atoms with Gasteiger partial charge in [0.15, 0.2) is 0 Å². The van der Waals surface area contributed by atoms with Gasteiger partial charge in [-0.05, 0) is 48.9 Å². The maximum absolute atomic E-state index is 12.6. The van der Waals surface area contributed by atoms with Crippen molar-refractivity contribution in [2.24, 2.45) is 0 Å². The van der Waals surface area contributed by atoms with Gasteiger partial charge in [0, 0.05) is 24.7 Å². The van der Waals surface area contributed by atoms with Crippen LogP contribution in [0.25, 0.3) is 0 Å². The molecule has 0 N–H and O–H groups in total.